The van der Waals surface area contributed by atoms with Gasteiger partial charge in [0.1, 0.15) is 6.26 Å². The monoisotopic (exact) mass is 214 g/mol. The number of aliphatic hydroxyl groups is 1. The summed E-state index contributed by atoms with van der Waals surface area (Å²) in [7, 11) is 0. The van der Waals surface area contributed by atoms with Gasteiger partial charge in [0.15, 0.2) is 5.69 Å². The van der Waals surface area contributed by atoms with E-state index in [0.29, 0.717) is 6.42 Å². The maximum absolute atomic E-state index is 10.5. The van der Waals surface area contributed by atoms with Crippen molar-refractivity contribution in [3.8, 4) is 0 Å². The molecule has 0 amide bonds. The Labute approximate surface area is 86.9 Å². The van der Waals surface area contributed by atoms with Gasteiger partial charge in [-0.05, 0) is 20.3 Å². The minimum atomic E-state index is -1.13. The molecule has 3 N–H and O–H groups in total. The highest BCUT2D eigenvalue weighted by Gasteiger charge is 2.12. The zero-order valence-electron chi connectivity index (χ0n) is 8.60. The van der Waals surface area contributed by atoms with Crippen LogP contribution < -0.4 is 5.32 Å². The van der Waals surface area contributed by atoms with Gasteiger partial charge in [-0.2, -0.15) is 4.98 Å². The van der Waals surface area contributed by atoms with E-state index in [1.54, 1.807) is 6.92 Å². The Hall–Kier alpha value is -1.56. The van der Waals surface area contributed by atoms with E-state index in [1.165, 1.54) is 0 Å². The number of hydrogen-bond acceptors (Lipinski definition) is 5. The van der Waals surface area contributed by atoms with Crippen molar-refractivity contribution in [2.75, 3.05) is 5.32 Å². The van der Waals surface area contributed by atoms with Crippen molar-refractivity contribution in [2.45, 2.75) is 32.4 Å². The first kappa shape index (κ1) is 11.5. The number of aromatic nitrogens is 1. The largest absolute Gasteiger partial charge is 0.476 e. The first-order valence-corrected chi connectivity index (χ1v) is 4.62. The molecule has 6 heteroatoms. The first-order valence-electron chi connectivity index (χ1n) is 4.62. The third-order valence-electron chi connectivity index (χ3n) is 1.79. The van der Waals surface area contributed by atoms with Crippen LogP contribution in [0, 0.1) is 0 Å². The van der Waals surface area contributed by atoms with Crippen LogP contribution in [0.3, 0.4) is 0 Å². The molecule has 1 aromatic heterocycles. The van der Waals surface area contributed by atoms with Crippen molar-refractivity contribution in [1.29, 1.82) is 0 Å². The number of hydrogen-bond donors (Lipinski definition) is 3. The summed E-state index contributed by atoms with van der Waals surface area (Å²) in [6, 6.07) is 0.117. The van der Waals surface area contributed by atoms with E-state index in [9.17, 15) is 4.79 Å². The van der Waals surface area contributed by atoms with Crippen LogP contribution in [0.4, 0.5) is 6.01 Å². The van der Waals surface area contributed by atoms with Crippen LogP contribution in [0.1, 0.15) is 30.8 Å². The number of anilines is 1. The van der Waals surface area contributed by atoms with Crippen LogP contribution >= 0.6 is 0 Å². The van der Waals surface area contributed by atoms with Crippen LogP contribution in [0.25, 0.3) is 0 Å². The lowest BCUT2D eigenvalue weighted by atomic mass is 10.2. The number of carboxylic acid groups (broad SMARTS) is 1. The molecule has 0 radical (unpaired) electrons. The summed E-state index contributed by atoms with van der Waals surface area (Å²) in [6.07, 6.45) is 1.17. The predicted octanol–water partition coefficient (Wildman–Crippen LogP) is 0.944. The van der Waals surface area contributed by atoms with Gasteiger partial charge in [0, 0.05) is 6.04 Å². The number of aromatic carboxylic acids is 1. The highest BCUT2D eigenvalue weighted by atomic mass is 16.4. The van der Waals surface area contributed by atoms with Crippen molar-refractivity contribution in [3.63, 3.8) is 0 Å². The van der Waals surface area contributed by atoms with E-state index < -0.39 is 12.1 Å². The van der Waals surface area contributed by atoms with Crippen molar-refractivity contribution >= 4 is 12.0 Å². The molecule has 0 aliphatic rings. The summed E-state index contributed by atoms with van der Waals surface area (Å²) >= 11 is 0. The molecule has 1 heterocycles. The molecular weight excluding hydrogens is 200 g/mol. The van der Waals surface area contributed by atoms with Crippen molar-refractivity contribution < 1.29 is 19.4 Å². The molecule has 0 aromatic carbocycles. The molecule has 84 valence electrons. The number of oxazole rings is 1. The first-order chi connectivity index (χ1) is 6.99. The molecule has 2 unspecified atom stereocenters. The van der Waals surface area contributed by atoms with E-state index in [1.807, 2.05) is 6.92 Å². The van der Waals surface area contributed by atoms with Gasteiger partial charge in [0.05, 0.1) is 6.10 Å². The van der Waals surface area contributed by atoms with Gasteiger partial charge in [-0.15, -0.1) is 0 Å². The van der Waals surface area contributed by atoms with E-state index in [2.05, 4.69) is 10.3 Å². The predicted molar refractivity (Wildman–Crippen MR) is 52.8 cm³/mol. The topological polar surface area (TPSA) is 95.6 Å². The van der Waals surface area contributed by atoms with Crippen molar-refractivity contribution in [2.24, 2.45) is 0 Å². The lowest BCUT2D eigenvalue weighted by Gasteiger charge is -2.13. The summed E-state index contributed by atoms with van der Waals surface area (Å²) in [5.74, 6) is -1.13. The summed E-state index contributed by atoms with van der Waals surface area (Å²) in [5, 5.41) is 20.5. The summed E-state index contributed by atoms with van der Waals surface area (Å²) in [4.78, 5) is 14.2. The number of aliphatic hydroxyl groups excluding tert-OH is 1. The molecule has 0 fully saturated rings. The van der Waals surface area contributed by atoms with Gasteiger partial charge in [-0.3, -0.25) is 0 Å². The van der Waals surface area contributed by atoms with Gasteiger partial charge in [0.25, 0.3) is 6.01 Å². The van der Waals surface area contributed by atoms with Gasteiger partial charge < -0.3 is 19.9 Å². The highest BCUT2D eigenvalue weighted by Crippen LogP contribution is 2.10. The van der Waals surface area contributed by atoms with Crippen LogP contribution in [-0.4, -0.2) is 33.3 Å². The molecule has 0 bridgehead atoms. The van der Waals surface area contributed by atoms with Gasteiger partial charge in [0.2, 0.25) is 0 Å². The molecule has 1 rings (SSSR count). The molecule has 2 atom stereocenters. The second kappa shape index (κ2) is 4.79. The molecule has 15 heavy (non-hydrogen) atoms. The second-order valence-corrected chi connectivity index (χ2v) is 3.47. The number of carboxylic acids is 1. The van der Waals surface area contributed by atoms with E-state index in [4.69, 9.17) is 14.6 Å². The Morgan fingerprint density at radius 1 is 1.67 bits per heavy atom. The van der Waals surface area contributed by atoms with Crippen LogP contribution in [0.2, 0.25) is 0 Å². The lowest BCUT2D eigenvalue weighted by molar-refractivity contribution is 0.0690. The minimum absolute atomic E-state index is 0.0368. The smallest absolute Gasteiger partial charge is 0.357 e. The molecular formula is C9H14N2O4. The Balaban J connectivity index is 2.53. The Morgan fingerprint density at radius 2 is 2.33 bits per heavy atom. The third kappa shape index (κ3) is 3.59. The zero-order valence-corrected chi connectivity index (χ0v) is 8.60. The molecule has 0 saturated heterocycles. The lowest BCUT2D eigenvalue weighted by Crippen LogP contribution is -2.20. The molecule has 0 aliphatic carbocycles. The van der Waals surface area contributed by atoms with Gasteiger partial charge in [-0.1, -0.05) is 0 Å². The van der Waals surface area contributed by atoms with E-state index in [0.717, 1.165) is 6.26 Å². The molecule has 0 saturated carbocycles. The highest BCUT2D eigenvalue weighted by molar-refractivity contribution is 5.85. The summed E-state index contributed by atoms with van der Waals surface area (Å²) in [6.45, 7) is 3.52. The van der Waals surface area contributed by atoms with Crippen LogP contribution in [0.15, 0.2) is 10.7 Å². The molecule has 6 nitrogen and oxygen atoms in total. The fourth-order valence-electron chi connectivity index (χ4n) is 1.22. The molecule has 0 aliphatic heterocycles. The number of carbonyl (C=O) groups is 1. The molecule has 0 spiro atoms. The summed E-state index contributed by atoms with van der Waals surface area (Å²) in [5.41, 5.74) is -0.137. The zero-order chi connectivity index (χ0) is 11.4. The maximum Gasteiger partial charge on any atom is 0.357 e. The standard InChI is InChI=1S/C9H14N2O4/c1-5(3-6(2)12)10-9-11-7(4-15-9)8(13)14/h4-6,12H,3H2,1-2H3,(H,10,11)(H,13,14). The number of rotatable bonds is 5. The number of nitrogens with zero attached hydrogens (tertiary/aromatic N) is 1. The fraction of sp³-hybridized carbons (Fsp3) is 0.556. The minimum Gasteiger partial charge on any atom is -0.476 e. The van der Waals surface area contributed by atoms with Crippen molar-refractivity contribution in [3.05, 3.63) is 12.0 Å². The average Bonchev–Trinajstić information content (AvgIpc) is 2.50. The Bertz CT molecular complexity index is 335. The SMILES string of the molecule is CC(O)CC(C)Nc1nc(C(=O)O)co1. The van der Waals surface area contributed by atoms with Gasteiger partial charge in [-0.25, -0.2) is 4.79 Å². The van der Waals surface area contributed by atoms with E-state index >= 15 is 0 Å². The summed E-state index contributed by atoms with van der Waals surface area (Å²) < 4.78 is 4.89. The van der Waals surface area contributed by atoms with Crippen molar-refractivity contribution in [1.82, 2.24) is 4.98 Å². The van der Waals surface area contributed by atoms with Gasteiger partial charge >= 0.3 is 5.97 Å². The molecule has 1 aromatic rings. The number of nitrogens with one attached hydrogen (secondary N) is 1. The fourth-order valence-corrected chi connectivity index (χ4v) is 1.22. The van der Waals surface area contributed by atoms with Crippen LogP contribution in [0.5, 0.6) is 0 Å². The van der Waals surface area contributed by atoms with Crippen LogP contribution in [-0.2, 0) is 0 Å². The third-order valence-corrected chi connectivity index (χ3v) is 1.79. The average molecular weight is 214 g/mol. The van der Waals surface area contributed by atoms with E-state index in [-0.39, 0.29) is 17.8 Å². The quantitative estimate of drug-likeness (QED) is 0.675. The normalized spacial score (nSPS) is 14.6. The maximum atomic E-state index is 10.5. The second-order valence-electron chi connectivity index (χ2n) is 3.47. The Kier molecular flexibility index (Phi) is 3.68. The Morgan fingerprint density at radius 3 is 2.80 bits per heavy atom.